The fourth-order valence-electron chi connectivity index (χ4n) is 1.07. The summed E-state index contributed by atoms with van der Waals surface area (Å²) in [5, 5.41) is 0. The summed E-state index contributed by atoms with van der Waals surface area (Å²) >= 11 is 5.42. The molecule has 0 atom stereocenters. The average molecular weight is 348 g/mol. The maximum Gasteiger partial charge on any atom is 0.174 e. The smallest absolute Gasteiger partial charge is 0.174 e. The number of aryl methyl sites for hydroxylation is 1. The second-order valence-electron chi connectivity index (χ2n) is 3.07. The molecule has 0 unspecified atom stereocenters. The molecular formula is C10H9IN2S2. The fourth-order valence-corrected chi connectivity index (χ4v) is 2.91. The lowest BCUT2D eigenvalue weighted by atomic mass is 10.2. The van der Waals surface area contributed by atoms with Gasteiger partial charge < -0.3 is 0 Å². The first-order valence-electron chi connectivity index (χ1n) is 4.41. The van der Waals surface area contributed by atoms with Gasteiger partial charge in [-0.1, -0.05) is 17.7 Å². The van der Waals surface area contributed by atoms with Gasteiger partial charge in [-0.25, -0.2) is 4.98 Å². The summed E-state index contributed by atoms with van der Waals surface area (Å²) < 4.78 is 5.26. The van der Waals surface area contributed by atoms with Crippen LogP contribution in [0.15, 0.2) is 29.2 Å². The van der Waals surface area contributed by atoms with E-state index in [-0.39, 0.29) is 0 Å². The van der Waals surface area contributed by atoms with Crippen LogP contribution in [0, 0.1) is 9.94 Å². The van der Waals surface area contributed by atoms with E-state index in [1.807, 2.05) is 0 Å². The summed E-state index contributed by atoms with van der Waals surface area (Å²) in [5.74, 6) is 1.78. The first-order valence-corrected chi connectivity index (χ1v) is 7.25. The van der Waals surface area contributed by atoms with Gasteiger partial charge in [0.1, 0.15) is 0 Å². The Morgan fingerprint density at radius 3 is 2.67 bits per heavy atom. The summed E-state index contributed by atoms with van der Waals surface area (Å²) in [4.78, 5) is 5.59. The van der Waals surface area contributed by atoms with Crippen molar-refractivity contribution < 1.29 is 0 Å². The topological polar surface area (TPSA) is 25.8 Å². The number of aromatic nitrogens is 2. The predicted molar refractivity (Wildman–Crippen MR) is 73.4 cm³/mol. The summed E-state index contributed by atoms with van der Waals surface area (Å²) in [5.41, 5.74) is 1.29. The molecule has 15 heavy (non-hydrogen) atoms. The van der Waals surface area contributed by atoms with Crippen LogP contribution < -0.4 is 0 Å². The third kappa shape index (κ3) is 3.42. The van der Waals surface area contributed by atoms with Crippen LogP contribution in [0.5, 0.6) is 0 Å². The molecule has 0 N–H and O–H groups in total. The molecule has 0 radical (unpaired) electrons. The van der Waals surface area contributed by atoms with E-state index in [1.165, 1.54) is 22.0 Å². The minimum Gasteiger partial charge on any atom is -0.213 e. The van der Waals surface area contributed by atoms with Gasteiger partial charge in [0, 0.05) is 4.90 Å². The third-order valence-corrected chi connectivity index (χ3v) is 4.22. The zero-order valence-corrected chi connectivity index (χ0v) is 11.9. The normalized spacial score (nSPS) is 10.5. The van der Waals surface area contributed by atoms with Crippen LogP contribution in [-0.4, -0.2) is 9.36 Å². The van der Waals surface area contributed by atoms with Gasteiger partial charge in [-0.3, -0.25) is 0 Å². The highest BCUT2D eigenvalue weighted by Crippen LogP contribution is 2.22. The maximum atomic E-state index is 4.32. The Bertz CT molecular complexity index is 439. The average Bonchev–Trinajstić information content (AvgIpc) is 2.64. The van der Waals surface area contributed by atoms with E-state index in [4.69, 9.17) is 0 Å². The van der Waals surface area contributed by atoms with E-state index >= 15 is 0 Å². The lowest BCUT2D eigenvalue weighted by Crippen LogP contribution is -1.83. The number of thioether (sulfide) groups is 1. The van der Waals surface area contributed by atoms with Gasteiger partial charge in [0.2, 0.25) is 0 Å². The molecule has 5 heteroatoms. The Labute approximate surface area is 111 Å². The van der Waals surface area contributed by atoms with E-state index < -0.39 is 0 Å². The highest BCUT2D eigenvalue weighted by molar-refractivity contribution is 14.1. The fraction of sp³-hybridized carbons (Fsp3) is 0.200. The molecule has 2 aromatic rings. The number of hydrogen-bond acceptors (Lipinski definition) is 4. The van der Waals surface area contributed by atoms with E-state index in [9.17, 15) is 0 Å². The first-order chi connectivity index (χ1) is 7.24. The van der Waals surface area contributed by atoms with Gasteiger partial charge in [0.05, 0.1) is 5.75 Å². The van der Waals surface area contributed by atoms with Crippen molar-refractivity contribution in [2.45, 2.75) is 17.6 Å². The second kappa shape index (κ2) is 5.27. The van der Waals surface area contributed by atoms with Gasteiger partial charge in [-0.2, -0.15) is 4.37 Å². The highest BCUT2D eigenvalue weighted by Gasteiger charge is 2.02. The molecule has 0 fully saturated rings. The molecular weight excluding hydrogens is 339 g/mol. The third-order valence-electron chi connectivity index (χ3n) is 1.83. The molecule has 0 amide bonds. The molecule has 2 nitrogen and oxygen atoms in total. The molecule has 0 aliphatic heterocycles. The zero-order valence-electron chi connectivity index (χ0n) is 8.11. The molecule has 0 saturated carbocycles. The van der Waals surface area contributed by atoms with E-state index in [0.29, 0.717) is 0 Å². The number of hydrogen-bond donors (Lipinski definition) is 0. The van der Waals surface area contributed by atoms with Crippen molar-refractivity contribution in [3.63, 3.8) is 0 Å². The van der Waals surface area contributed by atoms with Crippen LogP contribution in [0.4, 0.5) is 0 Å². The van der Waals surface area contributed by atoms with Crippen LogP contribution in [-0.2, 0) is 5.75 Å². The van der Waals surface area contributed by atoms with Crippen molar-refractivity contribution in [2.24, 2.45) is 0 Å². The Hall–Kier alpha value is -0.140. The molecule has 0 saturated heterocycles. The van der Waals surface area contributed by atoms with Gasteiger partial charge in [0.15, 0.2) is 8.84 Å². The Kier molecular flexibility index (Phi) is 3.99. The van der Waals surface area contributed by atoms with Gasteiger partial charge >= 0.3 is 0 Å². The van der Waals surface area contributed by atoms with Gasteiger partial charge in [0.25, 0.3) is 0 Å². The molecule has 1 heterocycles. The molecule has 0 aliphatic rings. The molecule has 1 aromatic carbocycles. The van der Waals surface area contributed by atoms with Crippen LogP contribution in [0.1, 0.15) is 11.4 Å². The van der Waals surface area contributed by atoms with Gasteiger partial charge in [-0.05, 0) is 53.2 Å². The minimum atomic E-state index is 0.850. The largest absolute Gasteiger partial charge is 0.213 e. The van der Waals surface area contributed by atoms with Crippen molar-refractivity contribution in [3.05, 3.63) is 38.7 Å². The molecule has 78 valence electrons. The Balaban J connectivity index is 1.96. The quantitative estimate of drug-likeness (QED) is 0.624. The number of rotatable bonds is 3. The molecule has 2 rings (SSSR count). The molecule has 0 bridgehead atoms. The summed E-state index contributed by atoms with van der Waals surface area (Å²) in [6.07, 6.45) is 0. The summed E-state index contributed by atoms with van der Waals surface area (Å²) in [6, 6.07) is 8.52. The zero-order chi connectivity index (χ0) is 10.7. The molecule has 0 spiro atoms. The summed E-state index contributed by atoms with van der Waals surface area (Å²) in [6.45, 7) is 2.10. The van der Waals surface area contributed by atoms with Crippen LogP contribution in [0.3, 0.4) is 0 Å². The van der Waals surface area contributed by atoms with Crippen LogP contribution in [0.2, 0.25) is 0 Å². The van der Waals surface area contributed by atoms with Crippen molar-refractivity contribution in [3.8, 4) is 0 Å². The lowest BCUT2D eigenvalue weighted by molar-refractivity contribution is 1.12. The Morgan fingerprint density at radius 1 is 1.33 bits per heavy atom. The number of benzene rings is 1. The molecule has 0 aliphatic carbocycles. The van der Waals surface area contributed by atoms with Gasteiger partial charge in [-0.15, -0.1) is 11.8 Å². The van der Waals surface area contributed by atoms with Crippen molar-refractivity contribution in [1.29, 1.82) is 0 Å². The predicted octanol–water partition coefficient (Wildman–Crippen LogP) is 3.74. The summed E-state index contributed by atoms with van der Waals surface area (Å²) in [7, 11) is 0. The number of nitrogens with zero attached hydrogens (tertiary/aromatic N) is 2. The standard InChI is InChI=1S/C10H9IN2S2/c1-7-2-4-8(5-3-7)14-6-9-12-10(11)15-13-9/h2-5H,6H2,1H3. The van der Waals surface area contributed by atoms with Crippen LogP contribution in [0.25, 0.3) is 0 Å². The van der Waals surface area contributed by atoms with Crippen molar-refractivity contribution in [1.82, 2.24) is 9.36 Å². The highest BCUT2D eigenvalue weighted by atomic mass is 127. The monoisotopic (exact) mass is 348 g/mol. The lowest BCUT2D eigenvalue weighted by Gasteiger charge is -1.98. The second-order valence-corrected chi connectivity index (χ2v) is 6.62. The van der Waals surface area contributed by atoms with E-state index in [2.05, 4.69) is 63.1 Å². The number of halogens is 1. The van der Waals surface area contributed by atoms with Crippen molar-refractivity contribution in [2.75, 3.05) is 0 Å². The SMILES string of the molecule is Cc1ccc(SCc2nsc(I)n2)cc1. The van der Waals surface area contributed by atoms with Crippen molar-refractivity contribution >= 4 is 45.9 Å². The van der Waals surface area contributed by atoms with E-state index in [1.54, 1.807) is 11.8 Å². The van der Waals surface area contributed by atoms with E-state index in [0.717, 1.165) is 14.6 Å². The molecule has 1 aromatic heterocycles. The first kappa shape index (κ1) is 11.3. The maximum absolute atomic E-state index is 4.32. The Morgan fingerprint density at radius 2 is 2.07 bits per heavy atom. The van der Waals surface area contributed by atoms with Crippen LogP contribution >= 0.6 is 45.9 Å². The minimum absolute atomic E-state index is 0.850.